The summed E-state index contributed by atoms with van der Waals surface area (Å²) in [6.45, 7) is 2.77. The van der Waals surface area contributed by atoms with Crippen LogP contribution in [0.1, 0.15) is 5.56 Å². The summed E-state index contributed by atoms with van der Waals surface area (Å²) in [6, 6.07) is 5.18. The van der Waals surface area contributed by atoms with E-state index in [0.717, 1.165) is 5.56 Å². The van der Waals surface area contributed by atoms with Crippen molar-refractivity contribution in [3.8, 4) is 5.75 Å². The molecular weight excluding hydrogens is 194 g/mol. The van der Waals surface area contributed by atoms with E-state index < -0.39 is 6.10 Å². The molecule has 2 rings (SSSR count). The first-order valence-electron chi connectivity index (χ1n) is 4.99. The highest BCUT2D eigenvalue weighted by Gasteiger charge is 2.26. The van der Waals surface area contributed by atoms with Crippen molar-refractivity contribution in [2.24, 2.45) is 0 Å². The second kappa shape index (κ2) is 4.08. The summed E-state index contributed by atoms with van der Waals surface area (Å²) in [6.07, 6.45) is -0.509. The highest BCUT2D eigenvalue weighted by atomic mass is 16.5. The number of benzene rings is 1. The molecule has 2 atom stereocenters. The number of ether oxygens (including phenoxy) is 1. The van der Waals surface area contributed by atoms with E-state index in [1.165, 1.54) is 0 Å². The van der Waals surface area contributed by atoms with Gasteiger partial charge < -0.3 is 20.3 Å². The van der Waals surface area contributed by atoms with E-state index in [0.29, 0.717) is 18.9 Å². The third-order valence-corrected chi connectivity index (χ3v) is 2.54. The Hall–Kier alpha value is -1.26. The first kappa shape index (κ1) is 10.3. The van der Waals surface area contributed by atoms with Crippen molar-refractivity contribution in [2.45, 2.75) is 19.1 Å². The van der Waals surface area contributed by atoms with Gasteiger partial charge >= 0.3 is 0 Å². The zero-order valence-corrected chi connectivity index (χ0v) is 8.60. The van der Waals surface area contributed by atoms with Gasteiger partial charge in [-0.2, -0.15) is 0 Å². The standard InChI is InChI=1S/C11H15NO3/c1-7-2-3-10(13)8(4-7)12-9-5-15-6-11(9)14/h2-4,9,11-14H,5-6H2,1H3/t9-,11-/m1/s1. The summed E-state index contributed by atoms with van der Waals surface area (Å²) in [5.74, 6) is 0.194. The van der Waals surface area contributed by atoms with Gasteiger partial charge in [-0.1, -0.05) is 6.07 Å². The fourth-order valence-electron chi connectivity index (χ4n) is 1.65. The lowest BCUT2D eigenvalue weighted by atomic mass is 10.1. The summed E-state index contributed by atoms with van der Waals surface area (Å²) in [7, 11) is 0. The molecule has 4 nitrogen and oxygen atoms in total. The molecule has 1 aromatic rings. The van der Waals surface area contributed by atoms with Crippen LogP contribution in [0.25, 0.3) is 0 Å². The van der Waals surface area contributed by atoms with Crippen molar-refractivity contribution in [3.63, 3.8) is 0 Å². The van der Waals surface area contributed by atoms with Gasteiger partial charge in [0.15, 0.2) is 0 Å². The maximum absolute atomic E-state index is 9.60. The van der Waals surface area contributed by atoms with Crippen LogP contribution in [0.2, 0.25) is 0 Å². The molecule has 1 aliphatic heterocycles. The maximum Gasteiger partial charge on any atom is 0.138 e. The predicted molar refractivity (Wildman–Crippen MR) is 57.1 cm³/mol. The van der Waals surface area contributed by atoms with E-state index >= 15 is 0 Å². The van der Waals surface area contributed by atoms with Gasteiger partial charge in [-0.15, -0.1) is 0 Å². The Labute approximate surface area is 88.5 Å². The smallest absolute Gasteiger partial charge is 0.138 e. The van der Waals surface area contributed by atoms with E-state index in [-0.39, 0.29) is 11.8 Å². The van der Waals surface area contributed by atoms with E-state index in [9.17, 15) is 10.2 Å². The average molecular weight is 209 g/mol. The number of nitrogens with one attached hydrogen (secondary N) is 1. The summed E-state index contributed by atoms with van der Waals surface area (Å²) in [5, 5.41) is 22.2. The lowest BCUT2D eigenvalue weighted by Crippen LogP contribution is -2.31. The fourth-order valence-corrected chi connectivity index (χ4v) is 1.65. The van der Waals surface area contributed by atoms with E-state index in [1.807, 2.05) is 19.1 Å². The molecule has 1 fully saturated rings. The lowest BCUT2D eigenvalue weighted by molar-refractivity contribution is 0.125. The van der Waals surface area contributed by atoms with Crippen LogP contribution in [0.3, 0.4) is 0 Å². The minimum absolute atomic E-state index is 0.141. The molecule has 0 radical (unpaired) electrons. The number of hydrogen-bond donors (Lipinski definition) is 3. The number of phenolic OH excluding ortho intramolecular Hbond substituents is 1. The second-order valence-electron chi connectivity index (χ2n) is 3.88. The minimum Gasteiger partial charge on any atom is -0.506 e. The van der Waals surface area contributed by atoms with Crippen molar-refractivity contribution in [1.82, 2.24) is 0 Å². The summed E-state index contributed by atoms with van der Waals surface area (Å²) in [5.41, 5.74) is 1.70. The van der Waals surface area contributed by atoms with Gasteiger partial charge in [0, 0.05) is 0 Å². The second-order valence-corrected chi connectivity index (χ2v) is 3.88. The SMILES string of the molecule is Cc1ccc(O)c(N[C@@H]2COC[C@H]2O)c1. The van der Waals surface area contributed by atoms with Crippen LogP contribution >= 0.6 is 0 Å². The normalized spacial score (nSPS) is 25.5. The largest absolute Gasteiger partial charge is 0.506 e. The van der Waals surface area contributed by atoms with Gasteiger partial charge in [-0.3, -0.25) is 0 Å². The number of aliphatic hydroxyl groups is 1. The number of aryl methyl sites for hydroxylation is 1. The van der Waals surface area contributed by atoms with Crippen LogP contribution in [-0.4, -0.2) is 35.6 Å². The Morgan fingerprint density at radius 1 is 1.40 bits per heavy atom. The molecule has 0 spiro atoms. The minimum atomic E-state index is -0.509. The zero-order valence-electron chi connectivity index (χ0n) is 8.60. The molecule has 0 aliphatic carbocycles. The van der Waals surface area contributed by atoms with Crippen molar-refractivity contribution < 1.29 is 14.9 Å². The molecule has 1 saturated heterocycles. The molecule has 4 heteroatoms. The molecule has 0 saturated carbocycles. The molecule has 0 unspecified atom stereocenters. The number of aliphatic hydroxyl groups excluding tert-OH is 1. The van der Waals surface area contributed by atoms with E-state index in [2.05, 4.69) is 5.32 Å². The van der Waals surface area contributed by atoms with E-state index in [4.69, 9.17) is 4.74 Å². The Morgan fingerprint density at radius 2 is 2.20 bits per heavy atom. The Bertz CT molecular complexity index is 354. The van der Waals surface area contributed by atoms with Crippen molar-refractivity contribution in [2.75, 3.05) is 18.5 Å². The van der Waals surface area contributed by atoms with Crippen LogP contribution in [0, 0.1) is 6.92 Å². The first-order chi connectivity index (χ1) is 7.16. The third-order valence-electron chi connectivity index (χ3n) is 2.54. The highest BCUT2D eigenvalue weighted by molar-refractivity contribution is 5.57. The molecule has 3 N–H and O–H groups in total. The summed E-state index contributed by atoms with van der Waals surface area (Å²) >= 11 is 0. The molecule has 1 aliphatic rings. The number of rotatable bonds is 2. The van der Waals surface area contributed by atoms with Crippen LogP contribution in [0.15, 0.2) is 18.2 Å². The Kier molecular flexibility index (Phi) is 2.79. The highest BCUT2D eigenvalue weighted by Crippen LogP contribution is 2.25. The number of aromatic hydroxyl groups is 1. The van der Waals surface area contributed by atoms with Gasteiger partial charge in [0.2, 0.25) is 0 Å². The van der Waals surface area contributed by atoms with Gasteiger partial charge in [0.05, 0.1) is 31.0 Å². The summed E-state index contributed by atoms with van der Waals surface area (Å²) in [4.78, 5) is 0. The van der Waals surface area contributed by atoms with Crippen LogP contribution in [-0.2, 0) is 4.74 Å². The van der Waals surface area contributed by atoms with Crippen LogP contribution in [0.5, 0.6) is 5.75 Å². The zero-order chi connectivity index (χ0) is 10.8. The molecule has 0 aromatic heterocycles. The quantitative estimate of drug-likeness (QED) is 0.632. The Morgan fingerprint density at radius 3 is 2.87 bits per heavy atom. The fraction of sp³-hybridized carbons (Fsp3) is 0.455. The molecule has 0 bridgehead atoms. The third kappa shape index (κ3) is 2.22. The van der Waals surface area contributed by atoms with E-state index in [1.54, 1.807) is 6.07 Å². The average Bonchev–Trinajstić information content (AvgIpc) is 2.58. The van der Waals surface area contributed by atoms with Crippen molar-refractivity contribution >= 4 is 5.69 Å². The predicted octanol–water partition coefficient (Wildman–Crippen LogP) is 0.872. The molecule has 15 heavy (non-hydrogen) atoms. The monoisotopic (exact) mass is 209 g/mol. The molecular formula is C11H15NO3. The summed E-state index contributed by atoms with van der Waals surface area (Å²) < 4.78 is 5.12. The molecule has 82 valence electrons. The van der Waals surface area contributed by atoms with Gasteiger partial charge in [-0.25, -0.2) is 0 Å². The Balaban J connectivity index is 2.12. The number of hydrogen-bond acceptors (Lipinski definition) is 4. The van der Waals surface area contributed by atoms with Crippen LogP contribution < -0.4 is 5.32 Å². The van der Waals surface area contributed by atoms with Gasteiger partial charge in [-0.05, 0) is 24.6 Å². The number of phenols is 1. The molecule has 1 heterocycles. The topological polar surface area (TPSA) is 61.7 Å². The number of anilines is 1. The maximum atomic E-state index is 9.60. The van der Waals surface area contributed by atoms with Crippen LogP contribution in [0.4, 0.5) is 5.69 Å². The first-order valence-corrected chi connectivity index (χ1v) is 4.99. The molecule has 1 aromatic carbocycles. The lowest BCUT2D eigenvalue weighted by Gasteiger charge is -2.17. The molecule has 0 amide bonds. The van der Waals surface area contributed by atoms with Crippen molar-refractivity contribution in [3.05, 3.63) is 23.8 Å². The van der Waals surface area contributed by atoms with Gasteiger partial charge in [0.25, 0.3) is 0 Å². The van der Waals surface area contributed by atoms with Crippen molar-refractivity contribution in [1.29, 1.82) is 0 Å². The van der Waals surface area contributed by atoms with Gasteiger partial charge in [0.1, 0.15) is 5.75 Å².